The molecular weight excluding hydrogens is 332 g/mol. The molecule has 1 aromatic heterocycles. The molecule has 0 saturated carbocycles. The molecule has 0 bridgehead atoms. The SMILES string of the molecule is CCN1CCCN(C(=O)Nc2cnn(CCN3CCCCC3)c2)CC1=O. The predicted octanol–water partition coefficient (Wildman–Crippen LogP) is 1.46. The van der Waals surface area contributed by atoms with Gasteiger partial charge in [0.1, 0.15) is 6.54 Å². The summed E-state index contributed by atoms with van der Waals surface area (Å²) in [5.41, 5.74) is 0.678. The number of aromatic nitrogens is 2. The van der Waals surface area contributed by atoms with Crippen LogP contribution in [0.15, 0.2) is 12.4 Å². The van der Waals surface area contributed by atoms with Crippen LogP contribution in [0, 0.1) is 0 Å². The van der Waals surface area contributed by atoms with Gasteiger partial charge in [0.25, 0.3) is 0 Å². The Morgan fingerprint density at radius 3 is 2.69 bits per heavy atom. The summed E-state index contributed by atoms with van der Waals surface area (Å²) in [4.78, 5) is 30.5. The van der Waals surface area contributed by atoms with Gasteiger partial charge in [-0.1, -0.05) is 6.42 Å². The summed E-state index contributed by atoms with van der Waals surface area (Å²) in [6, 6.07) is -0.230. The minimum absolute atomic E-state index is 0.0115. The zero-order valence-corrected chi connectivity index (χ0v) is 15.7. The van der Waals surface area contributed by atoms with Gasteiger partial charge in [-0.05, 0) is 39.3 Å². The number of nitrogens with zero attached hydrogens (tertiary/aromatic N) is 5. The maximum Gasteiger partial charge on any atom is 0.322 e. The lowest BCUT2D eigenvalue weighted by Crippen LogP contribution is -2.41. The number of rotatable bonds is 5. The van der Waals surface area contributed by atoms with Crippen LogP contribution in [-0.4, -0.2) is 82.2 Å². The van der Waals surface area contributed by atoms with Gasteiger partial charge in [0.05, 0.1) is 18.4 Å². The third-order valence-electron chi connectivity index (χ3n) is 5.18. The topological polar surface area (TPSA) is 73.7 Å². The smallest absolute Gasteiger partial charge is 0.322 e. The molecule has 2 saturated heterocycles. The van der Waals surface area contributed by atoms with E-state index in [0.29, 0.717) is 25.3 Å². The number of piperidine rings is 1. The summed E-state index contributed by atoms with van der Waals surface area (Å²) in [6.07, 6.45) is 8.24. The van der Waals surface area contributed by atoms with Gasteiger partial charge in [-0.3, -0.25) is 9.48 Å². The Labute approximate surface area is 155 Å². The standard InChI is InChI=1S/C18H30N6O2/c1-2-22-9-6-10-23(15-17(22)25)18(26)20-16-13-19-24(14-16)12-11-21-7-4-3-5-8-21/h13-14H,2-12,15H2,1H3,(H,20,26). The highest BCUT2D eigenvalue weighted by atomic mass is 16.2. The molecule has 1 aromatic rings. The van der Waals surface area contributed by atoms with E-state index in [-0.39, 0.29) is 18.5 Å². The van der Waals surface area contributed by atoms with Crippen LogP contribution in [0.2, 0.25) is 0 Å². The van der Waals surface area contributed by atoms with Gasteiger partial charge < -0.3 is 20.0 Å². The minimum Gasteiger partial charge on any atom is -0.341 e. The van der Waals surface area contributed by atoms with Crippen molar-refractivity contribution in [2.45, 2.75) is 39.2 Å². The van der Waals surface area contributed by atoms with Crippen LogP contribution in [0.1, 0.15) is 32.6 Å². The molecule has 3 rings (SSSR count). The molecule has 0 atom stereocenters. The average Bonchev–Trinajstić information content (AvgIpc) is 3.01. The molecule has 0 radical (unpaired) electrons. The molecule has 3 heterocycles. The fourth-order valence-electron chi connectivity index (χ4n) is 3.61. The minimum atomic E-state index is -0.230. The summed E-state index contributed by atoms with van der Waals surface area (Å²) in [5, 5.41) is 7.21. The van der Waals surface area contributed by atoms with Gasteiger partial charge in [-0.15, -0.1) is 0 Å². The quantitative estimate of drug-likeness (QED) is 0.861. The molecule has 0 spiro atoms. The molecular formula is C18H30N6O2. The normalized spacial score (nSPS) is 19.5. The highest BCUT2D eigenvalue weighted by Crippen LogP contribution is 2.11. The molecule has 2 aliphatic rings. The van der Waals surface area contributed by atoms with Crippen molar-refractivity contribution in [3.05, 3.63) is 12.4 Å². The Balaban J connectivity index is 1.48. The van der Waals surface area contributed by atoms with Crippen LogP contribution >= 0.6 is 0 Å². The van der Waals surface area contributed by atoms with Crippen LogP contribution in [0.3, 0.4) is 0 Å². The second kappa shape index (κ2) is 9.02. The summed E-state index contributed by atoms with van der Waals surface area (Å²) in [6.45, 7) is 8.26. The monoisotopic (exact) mass is 362 g/mol. The molecule has 144 valence electrons. The van der Waals surface area contributed by atoms with E-state index in [1.807, 2.05) is 17.8 Å². The van der Waals surface area contributed by atoms with Crippen LogP contribution in [-0.2, 0) is 11.3 Å². The first-order valence-electron chi connectivity index (χ1n) is 9.74. The maximum absolute atomic E-state index is 12.5. The lowest BCUT2D eigenvalue weighted by molar-refractivity contribution is -0.130. The van der Waals surface area contributed by atoms with Crippen molar-refractivity contribution in [3.8, 4) is 0 Å². The van der Waals surface area contributed by atoms with Crippen LogP contribution < -0.4 is 5.32 Å². The number of amides is 3. The number of anilines is 1. The average molecular weight is 362 g/mol. The van der Waals surface area contributed by atoms with Gasteiger partial charge in [-0.2, -0.15) is 5.10 Å². The van der Waals surface area contributed by atoms with E-state index in [2.05, 4.69) is 15.3 Å². The molecule has 0 aromatic carbocycles. The van der Waals surface area contributed by atoms with Crippen molar-refractivity contribution in [1.82, 2.24) is 24.5 Å². The van der Waals surface area contributed by atoms with E-state index in [4.69, 9.17) is 0 Å². The number of carbonyl (C=O) groups excluding carboxylic acids is 2. The van der Waals surface area contributed by atoms with Gasteiger partial charge >= 0.3 is 6.03 Å². The third-order valence-corrected chi connectivity index (χ3v) is 5.18. The highest BCUT2D eigenvalue weighted by Gasteiger charge is 2.24. The van der Waals surface area contributed by atoms with Crippen LogP contribution in [0.25, 0.3) is 0 Å². The van der Waals surface area contributed by atoms with E-state index >= 15 is 0 Å². The number of hydrogen-bond donors (Lipinski definition) is 1. The second-order valence-corrected chi connectivity index (χ2v) is 7.07. The van der Waals surface area contributed by atoms with Crippen molar-refractivity contribution < 1.29 is 9.59 Å². The molecule has 8 heteroatoms. The Morgan fingerprint density at radius 1 is 1.12 bits per heavy atom. The van der Waals surface area contributed by atoms with Crippen molar-refractivity contribution in [2.24, 2.45) is 0 Å². The number of likely N-dealkylation sites (N-methyl/N-ethyl adjacent to an activating group) is 1. The Kier molecular flexibility index (Phi) is 6.49. The van der Waals surface area contributed by atoms with E-state index in [0.717, 1.165) is 19.5 Å². The molecule has 2 aliphatic heterocycles. The van der Waals surface area contributed by atoms with Crippen LogP contribution in [0.5, 0.6) is 0 Å². The summed E-state index contributed by atoms with van der Waals surface area (Å²) >= 11 is 0. The van der Waals surface area contributed by atoms with Crippen molar-refractivity contribution >= 4 is 17.6 Å². The molecule has 26 heavy (non-hydrogen) atoms. The van der Waals surface area contributed by atoms with Gasteiger partial charge in [0, 0.05) is 32.4 Å². The first-order valence-corrected chi connectivity index (χ1v) is 9.74. The molecule has 0 unspecified atom stereocenters. The van der Waals surface area contributed by atoms with Crippen molar-refractivity contribution in [3.63, 3.8) is 0 Å². The number of likely N-dealkylation sites (tertiary alicyclic amines) is 1. The molecule has 3 amide bonds. The summed E-state index contributed by atoms with van der Waals surface area (Å²) in [7, 11) is 0. The predicted molar refractivity (Wildman–Crippen MR) is 100.0 cm³/mol. The second-order valence-electron chi connectivity index (χ2n) is 7.07. The van der Waals surface area contributed by atoms with E-state index < -0.39 is 0 Å². The lowest BCUT2D eigenvalue weighted by Gasteiger charge is -2.26. The largest absolute Gasteiger partial charge is 0.341 e. The molecule has 1 N–H and O–H groups in total. The first-order chi connectivity index (χ1) is 12.7. The Hall–Kier alpha value is -2.09. The van der Waals surface area contributed by atoms with Gasteiger partial charge in [-0.25, -0.2) is 4.79 Å². The Bertz CT molecular complexity index is 611. The molecule has 8 nitrogen and oxygen atoms in total. The van der Waals surface area contributed by atoms with Gasteiger partial charge in [0.2, 0.25) is 5.91 Å². The first kappa shape index (κ1) is 18.7. The fourth-order valence-corrected chi connectivity index (χ4v) is 3.61. The van der Waals surface area contributed by atoms with Gasteiger partial charge in [0.15, 0.2) is 0 Å². The summed E-state index contributed by atoms with van der Waals surface area (Å²) in [5.74, 6) is 0.0115. The molecule has 2 fully saturated rings. The highest BCUT2D eigenvalue weighted by molar-refractivity contribution is 5.92. The van der Waals surface area contributed by atoms with E-state index in [1.165, 1.54) is 32.4 Å². The zero-order chi connectivity index (χ0) is 18.4. The zero-order valence-electron chi connectivity index (χ0n) is 15.7. The number of hydrogen-bond acceptors (Lipinski definition) is 4. The van der Waals surface area contributed by atoms with E-state index in [9.17, 15) is 9.59 Å². The number of carbonyl (C=O) groups is 2. The number of urea groups is 1. The number of nitrogens with one attached hydrogen (secondary N) is 1. The lowest BCUT2D eigenvalue weighted by atomic mass is 10.1. The summed E-state index contributed by atoms with van der Waals surface area (Å²) < 4.78 is 1.87. The molecule has 0 aliphatic carbocycles. The van der Waals surface area contributed by atoms with Crippen molar-refractivity contribution in [2.75, 3.05) is 51.1 Å². The third kappa shape index (κ3) is 4.97. The maximum atomic E-state index is 12.5. The van der Waals surface area contributed by atoms with Crippen LogP contribution in [0.4, 0.5) is 10.5 Å². The van der Waals surface area contributed by atoms with Crippen molar-refractivity contribution in [1.29, 1.82) is 0 Å². The Morgan fingerprint density at radius 2 is 1.92 bits per heavy atom. The fraction of sp³-hybridized carbons (Fsp3) is 0.722. The van der Waals surface area contributed by atoms with E-state index in [1.54, 1.807) is 16.0 Å².